The molecule has 31 heavy (non-hydrogen) atoms. The maximum Gasteiger partial charge on any atom is 0.264 e. The Balaban J connectivity index is 1.69. The van der Waals surface area contributed by atoms with Crippen LogP contribution in [0.15, 0.2) is 52.4 Å². The van der Waals surface area contributed by atoms with Crippen molar-refractivity contribution in [2.45, 2.75) is 47.1 Å². The van der Waals surface area contributed by atoms with Crippen LogP contribution < -0.4 is 10.2 Å². The first-order valence-electron chi connectivity index (χ1n) is 10.7. The van der Waals surface area contributed by atoms with Crippen molar-refractivity contribution in [2.24, 2.45) is 4.99 Å². The molecule has 2 heterocycles. The van der Waals surface area contributed by atoms with Gasteiger partial charge in [0, 0.05) is 17.8 Å². The predicted octanol–water partition coefficient (Wildman–Crippen LogP) is 6.22. The van der Waals surface area contributed by atoms with Gasteiger partial charge in [0.05, 0.1) is 16.1 Å². The second kappa shape index (κ2) is 8.04. The molecular formula is C26H29N3OS. The van der Waals surface area contributed by atoms with Crippen molar-refractivity contribution < 1.29 is 4.79 Å². The van der Waals surface area contributed by atoms with Gasteiger partial charge in [-0.25, -0.2) is 4.99 Å². The van der Waals surface area contributed by atoms with E-state index in [1.807, 2.05) is 37.3 Å². The summed E-state index contributed by atoms with van der Waals surface area (Å²) in [4.78, 5) is 20.3. The number of benzene rings is 2. The molecule has 0 saturated carbocycles. The molecule has 160 valence electrons. The van der Waals surface area contributed by atoms with Crippen LogP contribution >= 0.6 is 11.8 Å². The highest BCUT2D eigenvalue weighted by Gasteiger charge is 2.31. The number of carbonyl (C=O) groups excluding carboxylic acids is 1. The molecule has 2 aliphatic rings. The molecule has 4 nitrogen and oxygen atoms in total. The predicted molar refractivity (Wildman–Crippen MR) is 134 cm³/mol. The van der Waals surface area contributed by atoms with Crippen LogP contribution in [0.25, 0.3) is 11.6 Å². The van der Waals surface area contributed by atoms with Gasteiger partial charge in [-0.3, -0.25) is 4.79 Å². The molecule has 2 aliphatic heterocycles. The van der Waals surface area contributed by atoms with E-state index < -0.39 is 0 Å². The number of fused-ring (bicyclic) bond motifs is 1. The van der Waals surface area contributed by atoms with Crippen molar-refractivity contribution in [3.8, 4) is 0 Å². The number of anilines is 1. The SMILES string of the molecule is CCN1c2cc(C)c(/C=C3/SC(=Nc4ccccc4C)NC3=O)cc2C(C)=CC1(C)C. The van der Waals surface area contributed by atoms with E-state index in [9.17, 15) is 4.79 Å². The van der Waals surface area contributed by atoms with E-state index in [1.165, 1.54) is 28.6 Å². The van der Waals surface area contributed by atoms with Gasteiger partial charge in [0.25, 0.3) is 5.91 Å². The Morgan fingerprint density at radius 2 is 1.87 bits per heavy atom. The first-order chi connectivity index (χ1) is 14.7. The molecule has 0 spiro atoms. The fourth-order valence-electron chi connectivity index (χ4n) is 4.40. The molecule has 0 unspecified atom stereocenters. The van der Waals surface area contributed by atoms with E-state index in [1.54, 1.807) is 0 Å². The molecule has 1 saturated heterocycles. The van der Waals surface area contributed by atoms with Crippen LogP contribution in [0.5, 0.6) is 0 Å². The molecule has 2 aromatic rings. The van der Waals surface area contributed by atoms with Crippen LogP contribution in [-0.4, -0.2) is 23.2 Å². The number of nitrogens with one attached hydrogen (secondary N) is 1. The number of hydrogen-bond donors (Lipinski definition) is 1. The largest absolute Gasteiger partial charge is 0.363 e. The fourth-order valence-corrected chi connectivity index (χ4v) is 5.22. The zero-order valence-corrected chi connectivity index (χ0v) is 19.9. The Labute approximate surface area is 189 Å². The van der Waals surface area contributed by atoms with Crippen LogP contribution in [0, 0.1) is 13.8 Å². The minimum atomic E-state index is -0.0990. The number of likely N-dealkylation sites (N-methyl/N-ethyl adjacent to an activating group) is 1. The van der Waals surface area contributed by atoms with E-state index in [-0.39, 0.29) is 11.4 Å². The first-order valence-corrected chi connectivity index (χ1v) is 11.5. The minimum absolute atomic E-state index is 0.0135. The highest BCUT2D eigenvalue weighted by Crippen LogP contribution is 2.41. The molecule has 4 rings (SSSR count). The number of nitrogens with zero attached hydrogens (tertiary/aromatic N) is 2. The zero-order valence-electron chi connectivity index (χ0n) is 19.0. The maximum absolute atomic E-state index is 12.6. The van der Waals surface area contributed by atoms with Gasteiger partial charge in [-0.1, -0.05) is 24.3 Å². The van der Waals surface area contributed by atoms with Crippen LogP contribution in [0.1, 0.15) is 49.9 Å². The Kier molecular flexibility index (Phi) is 5.56. The van der Waals surface area contributed by atoms with E-state index >= 15 is 0 Å². The monoisotopic (exact) mass is 431 g/mol. The lowest BCUT2D eigenvalue weighted by Crippen LogP contribution is -2.44. The number of aliphatic imine (C=N–C) groups is 1. The van der Waals surface area contributed by atoms with Crippen molar-refractivity contribution in [1.82, 2.24) is 5.32 Å². The molecule has 1 fully saturated rings. The van der Waals surface area contributed by atoms with Gasteiger partial charge in [-0.2, -0.15) is 0 Å². The quantitative estimate of drug-likeness (QED) is 0.587. The number of rotatable bonds is 3. The van der Waals surface area contributed by atoms with E-state index in [2.05, 4.69) is 68.0 Å². The Bertz CT molecular complexity index is 1160. The lowest BCUT2D eigenvalue weighted by molar-refractivity contribution is -0.115. The molecule has 0 aromatic heterocycles. The molecule has 0 aliphatic carbocycles. The van der Waals surface area contributed by atoms with Gasteiger partial charge in [0.15, 0.2) is 5.17 Å². The normalized spacial score (nSPS) is 20.1. The number of carbonyl (C=O) groups is 1. The van der Waals surface area contributed by atoms with Crippen molar-refractivity contribution in [2.75, 3.05) is 11.4 Å². The summed E-state index contributed by atoms with van der Waals surface area (Å²) in [5, 5.41) is 3.52. The average molecular weight is 432 g/mol. The van der Waals surface area contributed by atoms with Gasteiger partial charge in [0.2, 0.25) is 0 Å². The third-order valence-corrected chi connectivity index (χ3v) is 6.87. The Morgan fingerprint density at radius 1 is 1.13 bits per heavy atom. The number of thioether (sulfide) groups is 1. The van der Waals surface area contributed by atoms with Crippen molar-refractivity contribution in [1.29, 1.82) is 0 Å². The second-order valence-corrected chi connectivity index (χ2v) is 9.75. The van der Waals surface area contributed by atoms with Crippen LogP contribution in [0.4, 0.5) is 11.4 Å². The lowest BCUT2D eigenvalue weighted by Gasteiger charge is -2.43. The van der Waals surface area contributed by atoms with Gasteiger partial charge in [0.1, 0.15) is 0 Å². The smallest absolute Gasteiger partial charge is 0.264 e. The summed E-state index contributed by atoms with van der Waals surface area (Å²) in [7, 11) is 0. The van der Waals surface area contributed by atoms with Gasteiger partial charge < -0.3 is 10.2 Å². The summed E-state index contributed by atoms with van der Waals surface area (Å²) in [5.74, 6) is -0.0990. The van der Waals surface area contributed by atoms with E-state index in [0.29, 0.717) is 10.1 Å². The number of amidine groups is 1. The molecule has 0 atom stereocenters. The molecule has 1 N–H and O–H groups in total. The molecule has 5 heteroatoms. The standard InChI is InChI=1S/C26H29N3OS/c1-7-29-22-12-17(3)19(13-20(22)18(4)15-26(29,5)6)14-23-24(30)28-25(31-23)27-21-11-9-8-10-16(21)2/h8-15H,7H2,1-6H3,(H,27,28,30)/b23-14+. The van der Waals surface area contributed by atoms with Crippen LogP contribution in [0.2, 0.25) is 0 Å². The summed E-state index contributed by atoms with van der Waals surface area (Å²) in [6.45, 7) is 13.9. The number of hydrogen-bond acceptors (Lipinski definition) is 4. The van der Waals surface area contributed by atoms with E-state index in [4.69, 9.17) is 0 Å². The Hall–Kier alpha value is -2.79. The number of amides is 1. The number of para-hydroxylation sites is 1. The lowest BCUT2D eigenvalue weighted by atomic mass is 9.87. The summed E-state index contributed by atoms with van der Waals surface area (Å²) >= 11 is 1.39. The molecule has 2 aromatic carbocycles. The maximum atomic E-state index is 12.6. The zero-order chi connectivity index (χ0) is 22.3. The highest BCUT2D eigenvalue weighted by molar-refractivity contribution is 8.18. The average Bonchev–Trinajstić information content (AvgIpc) is 3.03. The number of aryl methyl sites for hydroxylation is 2. The third kappa shape index (κ3) is 4.07. The number of allylic oxidation sites excluding steroid dienone is 1. The summed E-state index contributed by atoms with van der Waals surface area (Å²) < 4.78 is 0. The summed E-state index contributed by atoms with van der Waals surface area (Å²) in [6.07, 6.45) is 4.31. The fraction of sp³-hybridized carbons (Fsp3) is 0.308. The van der Waals surface area contributed by atoms with Gasteiger partial charge >= 0.3 is 0 Å². The molecule has 0 bridgehead atoms. The minimum Gasteiger partial charge on any atom is -0.363 e. The van der Waals surface area contributed by atoms with Crippen LogP contribution in [-0.2, 0) is 4.79 Å². The van der Waals surface area contributed by atoms with E-state index in [0.717, 1.165) is 28.9 Å². The third-order valence-electron chi connectivity index (χ3n) is 5.96. The van der Waals surface area contributed by atoms with Crippen molar-refractivity contribution >= 4 is 45.9 Å². The Morgan fingerprint density at radius 3 is 2.58 bits per heavy atom. The topological polar surface area (TPSA) is 44.7 Å². The van der Waals surface area contributed by atoms with Gasteiger partial charge in [-0.15, -0.1) is 0 Å². The summed E-state index contributed by atoms with van der Waals surface area (Å²) in [6, 6.07) is 12.4. The highest BCUT2D eigenvalue weighted by atomic mass is 32.2. The van der Waals surface area contributed by atoms with Crippen molar-refractivity contribution in [3.05, 3.63) is 69.6 Å². The molecule has 1 amide bonds. The van der Waals surface area contributed by atoms with Gasteiger partial charge in [-0.05, 0) is 99.8 Å². The first kappa shape index (κ1) is 21.4. The molecule has 0 radical (unpaired) electrons. The molecular weight excluding hydrogens is 402 g/mol. The van der Waals surface area contributed by atoms with Crippen molar-refractivity contribution in [3.63, 3.8) is 0 Å². The second-order valence-electron chi connectivity index (χ2n) is 8.72. The van der Waals surface area contributed by atoms with Crippen LogP contribution in [0.3, 0.4) is 0 Å². The summed E-state index contributed by atoms with van der Waals surface area (Å²) in [5.41, 5.74) is 7.94.